The van der Waals surface area contributed by atoms with Gasteiger partial charge >= 0.3 is 0 Å². The van der Waals surface area contributed by atoms with Crippen LogP contribution in [0.25, 0.3) is 0 Å². The van der Waals surface area contributed by atoms with Crippen molar-refractivity contribution in [2.24, 2.45) is 0 Å². The van der Waals surface area contributed by atoms with Crippen molar-refractivity contribution in [1.82, 2.24) is 10.2 Å². The number of nitrogens with zero attached hydrogens (tertiary/aromatic N) is 1. The van der Waals surface area contributed by atoms with Crippen LogP contribution in [-0.2, 0) is 28.3 Å². The van der Waals surface area contributed by atoms with Crippen LogP contribution >= 0.6 is 50.9 Å². The van der Waals surface area contributed by atoms with Gasteiger partial charge < -0.3 is 10.2 Å². The number of halogens is 3. The van der Waals surface area contributed by atoms with Crippen molar-refractivity contribution in [1.29, 1.82) is 0 Å². The van der Waals surface area contributed by atoms with Crippen molar-refractivity contribution >= 4 is 62.7 Å². The Hall–Kier alpha value is -1.99. The number of amides is 2. The van der Waals surface area contributed by atoms with Crippen LogP contribution in [0, 0.1) is 0 Å². The minimum absolute atomic E-state index is 0.0154. The molecule has 0 heterocycles. The number of nitrogens with one attached hydrogen (secondary N) is 1. The molecule has 0 aliphatic heterocycles. The average molecular weight is 622 g/mol. The molecule has 0 saturated heterocycles. The van der Waals surface area contributed by atoms with E-state index in [-0.39, 0.29) is 30.2 Å². The van der Waals surface area contributed by atoms with Gasteiger partial charge in [-0.3, -0.25) is 9.59 Å². The summed E-state index contributed by atoms with van der Waals surface area (Å²) in [6.07, 6.45) is 1.17. The van der Waals surface area contributed by atoms with Crippen LogP contribution in [0.5, 0.6) is 0 Å². The Morgan fingerprint density at radius 1 is 0.946 bits per heavy atom. The Bertz CT molecular complexity index is 1160. The lowest BCUT2D eigenvalue weighted by atomic mass is 10.0. The number of hydrogen-bond donors (Lipinski definition) is 1. The van der Waals surface area contributed by atoms with Gasteiger partial charge in [0.05, 0.1) is 5.75 Å². The predicted molar refractivity (Wildman–Crippen MR) is 159 cm³/mol. The molecule has 0 radical (unpaired) electrons. The van der Waals surface area contributed by atoms with Gasteiger partial charge in [-0.1, -0.05) is 94.6 Å². The molecule has 0 aromatic heterocycles. The normalized spacial score (nSPS) is 12.6. The standard InChI is InChI=1S/C29H31BrCl2N2O2S/c1-3-20(2)33-29(36)27(16-21-8-5-4-6-9-21)34(17-24-25(31)10-7-11-26(24)32)28(35)19-37-18-22-12-14-23(30)15-13-22/h4-15,20,27H,3,16-19H2,1-2H3,(H,33,36)/t20-,27-/m1/s1. The van der Waals surface area contributed by atoms with E-state index >= 15 is 0 Å². The fourth-order valence-electron chi connectivity index (χ4n) is 3.77. The molecular formula is C29H31BrCl2N2O2S. The van der Waals surface area contributed by atoms with Gasteiger partial charge in [0.15, 0.2) is 0 Å². The predicted octanol–water partition coefficient (Wildman–Crippen LogP) is 7.54. The summed E-state index contributed by atoms with van der Waals surface area (Å²) in [7, 11) is 0. The van der Waals surface area contributed by atoms with Gasteiger partial charge in [-0.2, -0.15) is 0 Å². The second-order valence-corrected chi connectivity index (χ2v) is 11.6. The molecule has 196 valence electrons. The van der Waals surface area contributed by atoms with Gasteiger partial charge in [0.25, 0.3) is 0 Å². The van der Waals surface area contributed by atoms with E-state index in [0.29, 0.717) is 27.8 Å². The average Bonchev–Trinajstić information content (AvgIpc) is 2.89. The number of carbonyl (C=O) groups excluding carboxylic acids is 2. The van der Waals surface area contributed by atoms with Crippen LogP contribution in [0.4, 0.5) is 0 Å². The third kappa shape index (κ3) is 9.06. The summed E-state index contributed by atoms with van der Waals surface area (Å²) in [5, 5.41) is 4.01. The van der Waals surface area contributed by atoms with E-state index < -0.39 is 6.04 Å². The van der Waals surface area contributed by atoms with Crippen molar-refractivity contribution in [2.45, 2.75) is 51.1 Å². The minimum Gasteiger partial charge on any atom is -0.352 e. The molecule has 8 heteroatoms. The second kappa shape index (κ2) is 14.8. The summed E-state index contributed by atoms with van der Waals surface area (Å²) in [6, 6.07) is 22.3. The maximum atomic E-state index is 13.7. The Balaban J connectivity index is 1.90. The molecule has 4 nitrogen and oxygen atoms in total. The fourth-order valence-corrected chi connectivity index (χ4v) is 5.42. The van der Waals surface area contributed by atoms with Crippen molar-refractivity contribution < 1.29 is 9.59 Å². The fraction of sp³-hybridized carbons (Fsp3) is 0.310. The number of hydrogen-bond acceptors (Lipinski definition) is 3. The highest BCUT2D eigenvalue weighted by molar-refractivity contribution is 9.10. The lowest BCUT2D eigenvalue weighted by molar-refractivity contribution is -0.139. The number of thioether (sulfide) groups is 1. The lowest BCUT2D eigenvalue weighted by Gasteiger charge is -2.32. The molecule has 2 atom stereocenters. The third-order valence-electron chi connectivity index (χ3n) is 6.07. The monoisotopic (exact) mass is 620 g/mol. The van der Waals surface area contributed by atoms with Crippen LogP contribution in [0.15, 0.2) is 77.3 Å². The largest absolute Gasteiger partial charge is 0.352 e. The van der Waals surface area contributed by atoms with Crippen LogP contribution in [0.3, 0.4) is 0 Å². The molecule has 0 aliphatic rings. The van der Waals surface area contributed by atoms with E-state index in [1.165, 1.54) is 11.8 Å². The first-order valence-electron chi connectivity index (χ1n) is 12.2. The van der Waals surface area contributed by atoms with Gasteiger partial charge in [-0.25, -0.2) is 0 Å². The summed E-state index contributed by atoms with van der Waals surface area (Å²) in [4.78, 5) is 28.9. The van der Waals surface area contributed by atoms with E-state index in [1.807, 2.05) is 68.4 Å². The van der Waals surface area contributed by atoms with Gasteiger partial charge in [-0.15, -0.1) is 11.8 Å². The van der Waals surface area contributed by atoms with E-state index in [9.17, 15) is 9.59 Å². The molecule has 0 unspecified atom stereocenters. The van der Waals surface area contributed by atoms with E-state index in [0.717, 1.165) is 22.0 Å². The summed E-state index contributed by atoms with van der Waals surface area (Å²) >= 11 is 18.0. The molecule has 3 aromatic rings. The maximum Gasteiger partial charge on any atom is 0.243 e. The highest BCUT2D eigenvalue weighted by Gasteiger charge is 2.31. The smallest absolute Gasteiger partial charge is 0.243 e. The highest BCUT2D eigenvalue weighted by Crippen LogP contribution is 2.28. The molecule has 0 fully saturated rings. The first-order valence-corrected chi connectivity index (χ1v) is 14.9. The Kier molecular flexibility index (Phi) is 11.8. The highest BCUT2D eigenvalue weighted by atomic mass is 79.9. The zero-order valence-electron chi connectivity index (χ0n) is 20.9. The summed E-state index contributed by atoms with van der Waals surface area (Å²) in [6.45, 7) is 4.12. The molecule has 0 aliphatic carbocycles. The van der Waals surface area contributed by atoms with Crippen LogP contribution in [0.2, 0.25) is 10.0 Å². The summed E-state index contributed by atoms with van der Waals surface area (Å²) in [5.74, 6) is 0.577. The van der Waals surface area contributed by atoms with E-state index in [4.69, 9.17) is 23.2 Å². The van der Waals surface area contributed by atoms with Gasteiger partial charge in [0, 0.05) is 44.8 Å². The topological polar surface area (TPSA) is 49.4 Å². The zero-order chi connectivity index (χ0) is 26.8. The van der Waals surface area contributed by atoms with Crippen molar-refractivity contribution in [3.05, 3.63) is 104 Å². The quantitative estimate of drug-likeness (QED) is 0.227. The molecule has 3 aromatic carbocycles. The molecule has 1 N–H and O–H groups in total. The van der Waals surface area contributed by atoms with Gasteiger partial charge in [0.2, 0.25) is 11.8 Å². The molecular weight excluding hydrogens is 591 g/mol. The van der Waals surface area contributed by atoms with Crippen molar-refractivity contribution in [3.63, 3.8) is 0 Å². The van der Waals surface area contributed by atoms with Crippen LogP contribution in [0.1, 0.15) is 37.0 Å². The first kappa shape index (κ1) is 29.6. The van der Waals surface area contributed by atoms with Crippen LogP contribution < -0.4 is 5.32 Å². The number of benzene rings is 3. The molecule has 3 rings (SSSR count). The molecule has 0 bridgehead atoms. The second-order valence-electron chi connectivity index (χ2n) is 8.86. The van der Waals surface area contributed by atoms with Gasteiger partial charge in [0.1, 0.15) is 6.04 Å². The SMILES string of the molecule is CC[C@@H](C)NC(=O)[C@@H](Cc1ccccc1)N(Cc1c(Cl)cccc1Cl)C(=O)CSCc1ccc(Br)cc1. The first-order chi connectivity index (χ1) is 17.8. The molecule has 2 amide bonds. The minimum atomic E-state index is -0.718. The van der Waals surface area contributed by atoms with E-state index in [1.54, 1.807) is 23.1 Å². The third-order valence-corrected chi connectivity index (χ3v) is 8.30. The Morgan fingerprint density at radius 2 is 1.59 bits per heavy atom. The summed E-state index contributed by atoms with van der Waals surface area (Å²) in [5.41, 5.74) is 2.72. The molecule has 0 spiro atoms. The van der Waals surface area contributed by atoms with E-state index in [2.05, 4.69) is 21.2 Å². The lowest BCUT2D eigenvalue weighted by Crippen LogP contribution is -2.52. The summed E-state index contributed by atoms with van der Waals surface area (Å²) < 4.78 is 1.01. The van der Waals surface area contributed by atoms with Crippen molar-refractivity contribution in [3.8, 4) is 0 Å². The maximum absolute atomic E-state index is 13.7. The molecule has 0 saturated carbocycles. The molecule has 37 heavy (non-hydrogen) atoms. The zero-order valence-corrected chi connectivity index (χ0v) is 24.8. The van der Waals surface area contributed by atoms with Crippen LogP contribution in [-0.4, -0.2) is 34.6 Å². The van der Waals surface area contributed by atoms with Gasteiger partial charge in [-0.05, 0) is 48.7 Å². The number of carbonyl (C=O) groups is 2. The Morgan fingerprint density at radius 3 is 2.22 bits per heavy atom. The number of rotatable bonds is 12. The Labute approximate surface area is 242 Å². The van der Waals surface area contributed by atoms with Crippen molar-refractivity contribution in [2.75, 3.05) is 5.75 Å².